The van der Waals surface area contributed by atoms with Gasteiger partial charge in [0.1, 0.15) is 12.2 Å². The van der Waals surface area contributed by atoms with Crippen LogP contribution in [0.25, 0.3) is 0 Å². The second kappa shape index (κ2) is 5.83. The van der Waals surface area contributed by atoms with Gasteiger partial charge < -0.3 is 15.2 Å². The first-order chi connectivity index (χ1) is 9.37. The van der Waals surface area contributed by atoms with E-state index in [1.165, 1.54) is 0 Å². The lowest BCUT2D eigenvalue weighted by Crippen LogP contribution is -2.27. The molecule has 1 aromatic carbocycles. The topological polar surface area (TPSA) is 61.5 Å². The minimum Gasteiger partial charge on any atom is -0.458 e. The molecule has 1 unspecified atom stereocenters. The molecule has 0 aromatic heterocycles. The predicted molar refractivity (Wildman–Crippen MR) is 78.3 cm³/mol. The highest BCUT2D eigenvalue weighted by atomic mass is 16.6. The number of carbonyl (C=O) groups is 1. The van der Waals surface area contributed by atoms with Crippen LogP contribution in [-0.4, -0.2) is 18.2 Å². The van der Waals surface area contributed by atoms with Crippen molar-refractivity contribution in [2.75, 3.05) is 12.3 Å². The van der Waals surface area contributed by atoms with E-state index < -0.39 is 5.60 Å². The molecule has 0 aliphatic heterocycles. The summed E-state index contributed by atoms with van der Waals surface area (Å²) in [5.74, 6) is -0.325. The molecule has 0 fully saturated rings. The summed E-state index contributed by atoms with van der Waals surface area (Å²) >= 11 is 0. The van der Waals surface area contributed by atoms with E-state index in [1.54, 1.807) is 0 Å². The molecule has 2 rings (SSSR count). The molecule has 1 aliphatic carbocycles. The highest BCUT2D eigenvalue weighted by Gasteiger charge is 2.24. The van der Waals surface area contributed by atoms with Crippen LogP contribution >= 0.6 is 0 Å². The van der Waals surface area contributed by atoms with Gasteiger partial charge in [0.05, 0.1) is 6.10 Å². The Morgan fingerprint density at radius 2 is 2.15 bits per heavy atom. The van der Waals surface area contributed by atoms with Crippen molar-refractivity contribution in [2.24, 2.45) is 0 Å². The second-order valence-corrected chi connectivity index (χ2v) is 6.19. The Morgan fingerprint density at radius 3 is 2.85 bits per heavy atom. The average molecular weight is 277 g/mol. The van der Waals surface area contributed by atoms with Gasteiger partial charge in [0.15, 0.2) is 0 Å². The van der Waals surface area contributed by atoms with E-state index in [-0.39, 0.29) is 18.7 Å². The van der Waals surface area contributed by atoms with Crippen LogP contribution in [0.2, 0.25) is 0 Å². The molecule has 0 saturated heterocycles. The first-order valence-electron chi connectivity index (χ1n) is 7.07. The van der Waals surface area contributed by atoms with Crippen molar-refractivity contribution < 1.29 is 14.3 Å². The van der Waals surface area contributed by atoms with E-state index >= 15 is 0 Å². The molecular formula is C16H23NO3. The summed E-state index contributed by atoms with van der Waals surface area (Å²) in [4.78, 5) is 11.7. The van der Waals surface area contributed by atoms with Gasteiger partial charge in [-0.25, -0.2) is 4.79 Å². The van der Waals surface area contributed by atoms with Gasteiger partial charge in [-0.1, -0.05) is 12.1 Å². The van der Waals surface area contributed by atoms with Crippen LogP contribution in [0.5, 0.6) is 0 Å². The standard InChI is InChI=1S/C16H23NO3/c1-16(2,3)20-15(18)10-19-14-9-5-6-11-12(14)7-4-8-13(11)17/h4,7-8,14H,5-6,9-10,17H2,1-3H3. The summed E-state index contributed by atoms with van der Waals surface area (Å²) in [6.07, 6.45) is 2.86. The number of esters is 1. The van der Waals surface area contributed by atoms with Crippen molar-refractivity contribution in [2.45, 2.75) is 51.7 Å². The Hall–Kier alpha value is -1.55. The Kier molecular flexibility index (Phi) is 4.33. The van der Waals surface area contributed by atoms with E-state index in [1.807, 2.05) is 39.0 Å². The van der Waals surface area contributed by atoms with Crippen LogP contribution < -0.4 is 5.73 Å². The Morgan fingerprint density at radius 1 is 1.40 bits per heavy atom. The zero-order chi connectivity index (χ0) is 14.8. The van der Waals surface area contributed by atoms with Gasteiger partial charge in [0.2, 0.25) is 0 Å². The van der Waals surface area contributed by atoms with Gasteiger partial charge in [-0.05, 0) is 57.2 Å². The number of benzene rings is 1. The van der Waals surface area contributed by atoms with Crippen molar-refractivity contribution in [3.63, 3.8) is 0 Å². The summed E-state index contributed by atoms with van der Waals surface area (Å²) in [6, 6.07) is 5.88. The van der Waals surface area contributed by atoms with Crippen molar-refractivity contribution in [3.05, 3.63) is 29.3 Å². The fourth-order valence-corrected chi connectivity index (χ4v) is 2.55. The third-order valence-electron chi connectivity index (χ3n) is 3.31. The summed E-state index contributed by atoms with van der Waals surface area (Å²) in [5, 5.41) is 0. The van der Waals surface area contributed by atoms with Crippen LogP contribution in [0.4, 0.5) is 5.69 Å². The van der Waals surface area contributed by atoms with Crippen LogP contribution in [0.15, 0.2) is 18.2 Å². The van der Waals surface area contributed by atoms with Crippen LogP contribution in [-0.2, 0) is 20.7 Å². The Balaban J connectivity index is 1.99. The first kappa shape index (κ1) is 14.9. The van der Waals surface area contributed by atoms with Gasteiger partial charge in [-0.3, -0.25) is 0 Å². The number of hydrogen-bond acceptors (Lipinski definition) is 4. The molecule has 4 nitrogen and oxygen atoms in total. The number of fused-ring (bicyclic) bond motifs is 1. The summed E-state index contributed by atoms with van der Waals surface area (Å²) in [6.45, 7) is 5.53. The van der Waals surface area contributed by atoms with Crippen molar-refractivity contribution in [1.82, 2.24) is 0 Å². The van der Waals surface area contributed by atoms with E-state index in [0.29, 0.717) is 0 Å². The largest absolute Gasteiger partial charge is 0.458 e. The molecule has 0 amide bonds. The van der Waals surface area contributed by atoms with Crippen molar-refractivity contribution in [1.29, 1.82) is 0 Å². The summed E-state index contributed by atoms with van der Waals surface area (Å²) in [5.41, 5.74) is 8.60. The van der Waals surface area contributed by atoms with Crippen molar-refractivity contribution >= 4 is 11.7 Å². The summed E-state index contributed by atoms with van der Waals surface area (Å²) < 4.78 is 11.0. The second-order valence-electron chi connectivity index (χ2n) is 6.19. The third kappa shape index (κ3) is 3.73. The van der Waals surface area contributed by atoms with Gasteiger partial charge in [-0.2, -0.15) is 0 Å². The molecule has 0 spiro atoms. The van der Waals surface area contributed by atoms with Crippen LogP contribution in [0.3, 0.4) is 0 Å². The normalized spacial score (nSPS) is 18.4. The maximum absolute atomic E-state index is 11.7. The maximum Gasteiger partial charge on any atom is 0.332 e. The fraction of sp³-hybridized carbons (Fsp3) is 0.562. The number of carbonyl (C=O) groups excluding carboxylic acids is 1. The average Bonchev–Trinajstić information content (AvgIpc) is 2.35. The predicted octanol–water partition coefficient (Wildman–Crippen LogP) is 3.00. The number of anilines is 1. The molecule has 0 bridgehead atoms. The Labute approximate surface area is 120 Å². The molecule has 1 aromatic rings. The highest BCUT2D eigenvalue weighted by molar-refractivity contribution is 5.71. The van der Waals surface area contributed by atoms with E-state index in [9.17, 15) is 4.79 Å². The lowest BCUT2D eigenvalue weighted by Gasteiger charge is -2.27. The SMILES string of the molecule is CC(C)(C)OC(=O)COC1CCCc2c(N)cccc21. The number of rotatable bonds is 3. The van der Waals surface area contributed by atoms with Gasteiger partial charge in [0.25, 0.3) is 0 Å². The van der Waals surface area contributed by atoms with E-state index in [0.717, 1.165) is 36.1 Å². The zero-order valence-electron chi connectivity index (χ0n) is 12.4. The minimum absolute atomic E-state index is 0.0177. The quantitative estimate of drug-likeness (QED) is 0.681. The summed E-state index contributed by atoms with van der Waals surface area (Å²) in [7, 11) is 0. The maximum atomic E-state index is 11.7. The van der Waals surface area contributed by atoms with Gasteiger partial charge >= 0.3 is 5.97 Å². The highest BCUT2D eigenvalue weighted by Crippen LogP contribution is 2.35. The molecule has 0 radical (unpaired) electrons. The molecule has 20 heavy (non-hydrogen) atoms. The van der Waals surface area contributed by atoms with Crippen molar-refractivity contribution in [3.8, 4) is 0 Å². The smallest absolute Gasteiger partial charge is 0.332 e. The number of ether oxygens (including phenoxy) is 2. The third-order valence-corrected chi connectivity index (χ3v) is 3.31. The van der Waals surface area contributed by atoms with E-state index in [4.69, 9.17) is 15.2 Å². The monoisotopic (exact) mass is 277 g/mol. The fourth-order valence-electron chi connectivity index (χ4n) is 2.55. The van der Waals surface area contributed by atoms with Gasteiger partial charge in [-0.15, -0.1) is 0 Å². The van der Waals surface area contributed by atoms with Crippen LogP contribution in [0, 0.1) is 0 Å². The molecule has 110 valence electrons. The number of nitrogen functional groups attached to an aromatic ring is 1. The van der Waals surface area contributed by atoms with Gasteiger partial charge in [0, 0.05) is 5.69 Å². The van der Waals surface area contributed by atoms with E-state index in [2.05, 4.69) is 0 Å². The Bertz CT molecular complexity index is 491. The molecule has 4 heteroatoms. The first-order valence-corrected chi connectivity index (χ1v) is 7.07. The molecule has 1 aliphatic rings. The molecule has 2 N–H and O–H groups in total. The number of nitrogens with two attached hydrogens (primary N) is 1. The minimum atomic E-state index is -0.477. The van der Waals surface area contributed by atoms with Crippen LogP contribution in [0.1, 0.15) is 50.8 Å². The lowest BCUT2D eigenvalue weighted by atomic mass is 9.88. The number of hydrogen-bond donors (Lipinski definition) is 1. The zero-order valence-corrected chi connectivity index (χ0v) is 12.4. The lowest BCUT2D eigenvalue weighted by molar-refractivity contribution is -0.162. The molecule has 0 saturated carbocycles. The molecular weight excluding hydrogens is 254 g/mol. The molecule has 0 heterocycles. The molecule has 1 atom stereocenters.